The van der Waals surface area contributed by atoms with Crippen molar-refractivity contribution in [1.82, 2.24) is 35.4 Å². The number of hydrogen-bond acceptors (Lipinski definition) is 5. The van der Waals surface area contributed by atoms with Gasteiger partial charge in [-0.25, -0.2) is 32.9 Å². The largest absolute Gasteiger partial charge is 0.335 e. The number of likely N-dealkylation sites (tertiary alicyclic amines) is 1. The summed E-state index contributed by atoms with van der Waals surface area (Å²) in [5, 5.41) is 10.2. The molecule has 0 radical (unpaired) electrons. The van der Waals surface area contributed by atoms with Crippen LogP contribution in [0.1, 0.15) is 37.8 Å². The van der Waals surface area contributed by atoms with Gasteiger partial charge in [-0.2, -0.15) is 5.10 Å². The van der Waals surface area contributed by atoms with Crippen LogP contribution in [-0.4, -0.2) is 61.4 Å². The van der Waals surface area contributed by atoms with Crippen LogP contribution in [0.25, 0.3) is 22.6 Å². The molecule has 0 spiro atoms. The smallest absolute Gasteiger partial charge is 0.317 e. The molecule has 1 aliphatic heterocycles. The van der Waals surface area contributed by atoms with Crippen LogP contribution in [0.5, 0.6) is 0 Å². The van der Waals surface area contributed by atoms with Gasteiger partial charge in [-0.1, -0.05) is 6.42 Å². The Bertz CT molecular complexity index is 1170. The summed E-state index contributed by atoms with van der Waals surface area (Å²) < 4.78 is 41.6. The molecule has 5 rings (SSSR count). The summed E-state index contributed by atoms with van der Waals surface area (Å²) in [6.07, 6.45) is 5.32. The number of carbonyl (C=O) groups excluding carboxylic acids is 1. The van der Waals surface area contributed by atoms with Crippen LogP contribution in [0.3, 0.4) is 0 Å². The van der Waals surface area contributed by atoms with Crippen LogP contribution in [0.4, 0.5) is 18.0 Å². The molecule has 174 valence electrons. The van der Waals surface area contributed by atoms with E-state index in [1.54, 1.807) is 0 Å². The summed E-state index contributed by atoms with van der Waals surface area (Å²) in [6, 6.07) is 1.01. The van der Waals surface area contributed by atoms with Gasteiger partial charge < -0.3 is 10.2 Å². The second-order valence-corrected chi connectivity index (χ2v) is 8.83. The molecule has 3 aromatic rings. The van der Waals surface area contributed by atoms with Crippen molar-refractivity contribution < 1.29 is 18.0 Å². The van der Waals surface area contributed by atoms with E-state index < -0.39 is 17.8 Å². The number of alkyl halides is 1. The van der Waals surface area contributed by atoms with Gasteiger partial charge in [0.1, 0.15) is 17.7 Å². The normalized spacial score (nSPS) is 23.2. The van der Waals surface area contributed by atoms with Gasteiger partial charge in [0.25, 0.3) is 0 Å². The van der Waals surface area contributed by atoms with Gasteiger partial charge in [-0.05, 0) is 44.1 Å². The molecule has 4 heterocycles. The maximum Gasteiger partial charge on any atom is 0.317 e. The number of aromatic amines is 1. The van der Waals surface area contributed by atoms with Crippen LogP contribution in [0.2, 0.25) is 0 Å². The summed E-state index contributed by atoms with van der Waals surface area (Å²) in [5.74, 6) is -0.675. The molecule has 0 aromatic carbocycles. The number of nitrogens with one attached hydrogen (secondary N) is 2. The SMILES string of the molecule is O=C(N[C@@H]1CCC[C@H](Cc2nc(-c3[nH]nc4ncc(F)cc34)ncc2F)C1)N1CC[C@@H](F)C1. The fourth-order valence-electron chi connectivity index (χ4n) is 4.76. The number of pyridine rings is 1. The van der Waals surface area contributed by atoms with Crippen LogP contribution < -0.4 is 5.32 Å². The lowest BCUT2D eigenvalue weighted by Crippen LogP contribution is -2.45. The average molecular weight is 459 g/mol. The van der Waals surface area contributed by atoms with Gasteiger partial charge in [0.15, 0.2) is 17.3 Å². The van der Waals surface area contributed by atoms with Crippen molar-refractivity contribution in [2.75, 3.05) is 13.1 Å². The van der Waals surface area contributed by atoms with Gasteiger partial charge in [-0.15, -0.1) is 0 Å². The van der Waals surface area contributed by atoms with E-state index in [0.717, 1.165) is 31.7 Å². The summed E-state index contributed by atoms with van der Waals surface area (Å²) in [4.78, 5) is 26.3. The number of fused-ring (bicyclic) bond motifs is 1. The number of carbonyl (C=O) groups is 1. The molecule has 11 heteroatoms. The molecular formula is C22H24F3N7O. The zero-order valence-electron chi connectivity index (χ0n) is 17.9. The third-order valence-electron chi connectivity index (χ3n) is 6.43. The standard InChI is InChI=1S/C22H24F3N7O/c23-13-4-5-32(11-13)22(33)28-15-3-1-2-12(6-15)7-18-17(25)10-27-21(29-18)19-16-8-14(24)9-26-20(16)31-30-19/h8-10,12-13,15H,1-7,11H2,(H,28,33)(H,26,30,31)/t12-,13+,15+/m0/s1. The number of nitrogens with zero attached hydrogens (tertiary/aromatic N) is 5. The Morgan fingerprint density at radius 3 is 2.91 bits per heavy atom. The van der Waals surface area contributed by atoms with E-state index >= 15 is 0 Å². The highest BCUT2D eigenvalue weighted by Gasteiger charge is 2.30. The Morgan fingerprint density at radius 1 is 1.21 bits per heavy atom. The molecule has 1 saturated carbocycles. The van der Waals surface area contributed by atoms with Crippen molar-refractivity contribution in [2.45, 2.75) is 50.7 Å². The number of amides is 2. The fraction of sp³-hybridized carbons (Fsp3) is 0.500. The van der Waals surface area contributed by atoms with Crippen molar-refractivity contribution in [3.05, 3.63) is 35.8 Å². The first-order valence-electron chi connectivity index (χ1n) is 11.2. The summed E-state index contributed by atoms with van der Waals surface area (Å²) in [7, 11) is 0. The van der Waals surface area contributed by atoms with E-state index in [0.29, 0.717) is 42.5 Å². The van der Waals surface area contributed by atoms with E-state index in [1.165, 1.54) is 11.0 Å². The maximum atomic E-state index is 14.6. The lowest BCUT2D eigenvalue weighted by molar-refractivity contribution is 0.191. The summed E-state index contributed by atoms with van der Waals surface area (Å²) in [5.41, 5.74) is 0.969. The summed E-state index contributed by atoms with van der Waals surface area (Å²) >= 11 is 0. The molecule has 3 atom stereocenters. The second-order valence-electron chi connectivity index (χ2n) is 8.83. The third-order valence-corrected chi connectivity index (χ3v) is 6.43. The Morgan fingerprint density at radius 2 is 2.09 bits per heavy atom. The van der Waals surface area contributed by atoms with E-state index in [-0.39, 0.29) is 36.1 Å². The van der Waals surface area contributed by atoms with Crippen molar-refractivity contribution in [3.8, 4) is 11.5 Å². The lowest BCUT2D eigenvalue weighted by atomic mass is 9.83. The van der Waals surface area contributed by atoms with Crippen LogP contribution >= 0.6 is 0 Å². The quantitative estimate of drug-likeness (QED) is 0.622. The van der Waals surface area contributed by atoms with Gasteiger partial charge in [0.05, 0.1) is 30.0 Å². The van der Waals surface area contributed by atoms with E-state index in [4.69, 9.17) is 0 Å². The predicted molar refractivity (Wildman–Crippen MR) is 114 cm³/mol. The van der Waals surface area contributed by atoms with Crippen molar-refractivity contribution in [1.29, 1.82) is 0 Å². The molecule has 0 unspecified atom stereocenters. The number of rotatable bonds is 4. The zero-order valence-corrected chi connectivity index (χ0v) is 17.9. The maximum absolute atomic E-state index is 14.6. The van der Waals surface area contributed by atoms with Crippen molar-refractivity contribution >= 4 is 17.1 Å². The molecule has 2 N–H and O–H groups in total. The van der Waals surface area contributed by atoms with Gasteiger partial charge in [-0.3, -0.25) is 5.10 Å². The molecule has 1 saturated heterocycles. The van der Waals surface area contributed by atoms with Crippen LogP contribution in [0, 0.1) is 17.6 Å². The second kappa shape index (κ2) is 8.95. The minimum absolute atomic E-state index is 0.0371. The molecule has 2 amide bonds. The monoisotopic (exact) mass is 459 g/mol. The van der Waals surface area contributed by atoms with Gasteiger partial charge in [0, 0.05) is 12.6 Å². The highest BCUT2D eigenvalue weighted by molar-refractivity contribution is 5.88. The first-order chi connectivity index (χ1) is 16.0. The van der Waals surface area contributed by atoms with E-state index in [1.807, 2.05) is 0 Å². The van der Waals surface area contributed by atoms with E-state index in [2.05, 4.69) is 30.5 Å². The third kappa shape index (κ3) is 4.62. The number of H-pyrrole nitrogens is 1. The first-order valence-corrected chi connectivity index (χ1v) is 11.2. The van der Waals surface area contributed by atoms with Gasteiger partial charge in [0.2, 0.25) is 0 Å². The Kier molecular flexibility index (Phi) is 5.86. The Labute approximate surface area is 188 Å². The highest BCUT2D eigenvalue weighted by atomic mass is 19.1. The average Bonchev–Trinajstić information content (AvgIpc) is 3.42. The highest BCUT2D eigenvalue weighted by Crippen LogP contribution is 2.29. The molecule has 33 heavy (non-hydrogen) atoms. The molecule has 2 fully saturated rings. The van der Waals surface area contributed by atoms with Crippen molar-refractivity contribution in [3.63, 3.8) is 0 Å². The lowest BCUT2D eigenvalue weighted by Gasteiger charge is -2.31. The Hall–Kier alpha value is -3.24. The van der Waals surface area contributed by atoms with Crippen LogP contribution in [0.15, 0.2) is 18.5 Å². The predicted octanol–water partition coefficient (Wildman–Crippen LogP) is 3.55. The van der Waals surface area contributed by atoms with Gasteiger partial charge >= 0.3 is 6.03 Å². The number of aromatic nitrogens is 5. The molecule has 8 nitrogen and oxygen atoms in total. The zero-order chi connectivity index (χ0) is 22.9. The topological polar surface area (TPSA) is 99.7 Å². The number of urea groups is 1. The van der Waals surface area contributed by atoms with E-state index in [9.17, 15) is 18.0 Å². The molecule has 1 aliphatic carbocycles. The van der Waals surface area contributed by atoms with Crippen LogP contribution in [-0.2, 0) is 6.42 Å². The molecular weight excluding hydrogens is 435 g/mol. The first kappa shape index (κ1) is 21.6. The Balaban J connectivity index is 1.29. The van der Waals surface area contributed by atoms with Crippen molar-refractivity contribution in [2.24, 2.45) is 5.92 Å². The number of hydrogen-bond donors (Lipinski definition) is 2. The summed E-state index contributed by atoms with van der Waals surface area (Å²) in [6.45, 7) is 0.568. The number of halogens is 3. The minimum Gasteiger partial charge on any atom is -0.335 e. The minimum atomic E-state index is -0.955. The fourth-order valence-corrected chi connectivity index (χ4v) is 4.76. The molecule has 3 aromatic heterocycles. The molecule has 0 bridgehead atoms. The molecule has 2 aliphatic rings.